The van der Waals surface area contributed by atoms with Gasteiger partial charge in [0.1, 0.15) is 12.3 Å². The van der Waals surface area contributed by atoms with Crippen LogP contribution in [0, 0.1) is 11.3 Å². The molecule has 1 aliphatic rings. The van der Waals surface area contributed by atoms with Crippen LogP contribution < -0.4 is 4.74 Å². The summed E-state index contributed by atoms with van der Waals surface area (Å²) in [5, 5.41) is 10.8. The van der Waals surface area contributed by atoms with Gasteiger partial charge in [-0.1, -0.05) is 53.3 Å². The van der Waals surface area contributed by atoms with Crippen molar-refractivity contribution in [3.8, 4) is 11.8 Å². The van der Waals surface area contributed by atoms with Gasteiger partial charge in [0, 0.05) is 24.4 Å². The van der Waals surface area contributed by atoms with Gasteiger partial charge in [0.05, 0.1) is 11.0 Å². The molecule has 1 aromatic rings. The standard InChI is InChI=1S/C23H30N2O3S/c1-22(2,3)17-12-16(13-18(23(4,5)6)20(17)28-15-27-7)14-19-21(26)25(9-8-24)10-11-29-19/h10-14H,9,15H2,1-7H3/b19-14-. The Hall–Kier alpha value is -2.23. The van der Waals surface area contributed by atoms with E-state index in [0.717, 1.165) is 22.4 Å². The second-order valence-corrected chi connectivity index (χ2v) is 9.95. The Balaban J connectivity index is 2.63. The quantitative estimate of drug-likeness (QED) is 0.378. The van der Waals surface area contributed by atoms with E-state index in [4.69, 9.17) is 14.7 Å². The Labute approximate surface area is 178 Å². The highest BCUT2D eigenvalue weighted by Crippen LogP contribution is 2.41. The van der Waals surface area contributed by atoms with Gasteiger partial charge in [0.2, 0.25) is 0 Å². The first-order chi connectivity index (χ1) is 13.5. The smallest absolute Gasteiger partial charge is 0.265 e. The summed E-state index contributed by atoms with van der Waals surface area (Å²) in [7, 11) is 1.61. The Kier molecular flexibility index (Phi) is 7.20. The van der Waals surface area contributed by atoms with E-state index in [1.165, 1.54) is 16.7 Å². The maximum Gasteiger partial charge on any atom is 0.265 e. The molecule has 156 valence electrons. The Morgan fingerprint density at radius 1 is 1.14 bits per heavy atom. The molecule has 2 rings (SSSR count). The Morgan fingerprint density at radius 2 is 1.72 bits per heavy atom. The molecule has 29 heavy (non-hydrogen) atoms. The van der Waals surface area contributed by atoms with E-state index in [9.17, 15) is 4.79 Å². The zero-order valence-corrected chi connectivity index (χ0v) is 19.1. The van der Waals surface area contributed by atoms with E-state index in [1.807, 2.05) is 17.6 Å². The predicted octanol–water partition coefficient (Wildman–Crippen LogP) is 5.18. The van der Waals surface area contributed by atoms with Crippen LogP contribution in [-0.4, -0.2) is 31.3 Å². The first-order valence-electron chi connectivity index (χ1n) is 9.52. The fraction of sp³-hybridized carbons (Fsp3) is 0.478. The number of amides is 1. The Morgan fingerprint density at radius 3 is 2.21 bits per heavy atom. The van der Waals surface area contributed by atoms with Crippen molar-refractivity contribution >= 4 is 23.7 Å². The largest absolute Gasteiger partial charge is 0.467 e. The number of carbonyl (C=O) groups excluding carboxylic acids is 1. The third-order valence-corrected chi connectivity index (χ3v) is 5.30. The molecule has 0 aromatic heterocycles. The zero-order chi connectivity index (χ0) is 21.8. The molecule has 0 N–H and O–H groups in total. The normalized spacial score (nSPS) is 16.3. The van der Waals surface area contributed by atoms with Gasteiger partial charge < -0.3 is 14.4 Å². The second kappa shape index (κ2) is 9.06. The fourth-order valence-corrected chi connectivity index (χ4v) is 3.78. The summed E-state index contributed by atoms with van der Waals surface area (Å²) in [5.41, 5.74) is 2.74. The minimum Gasteiger partial charge on any atom is -0.467 e. The van der Waals surface area contributed by atoms with Gasteiger partial charge in [-0.05, 0) is 40.0 Å². The molecule has 0 atom stereocenters. The van der Waals surface area contributed by atoms with Gasteiger partial charge in [0.25, 0.3) is 5.91 Å². The molecule has 0 saturated carbocycles. The van der Waals surface area contributed by atoms with E-state index in [-0.39, 0.29) is 30.1 Å². The average molecular weight is 415 g/mol. The number of hydrogen-bond donors (Lipinski definition) is 0. The van der Waals surface area contributed by atoms with Gasteiger partial charge in [-0.25, -0.2) is 0 Å². The summed E-state index contributed by atoms with van der Waals surface area (Å²) in [6, 6.07) is 6.18. The highest BCUT2D eigenvalue weighted by atomic mass is 32.2. The van der Waals surface area contributed by atoms with Gasteiger partial charge in [-0.15, -0.1) is 0 Å². The van der Waals surface area contributed by atoms with Crippen LogP contribution in [0.1, 0.15) is 58.2 Å². The third kappa shape index (κ3) is 5.65. The lowest BCUT2D eigenvalue weighted by molar-refractivity contribution is -0.123. The summed E-state index contributed by atoms with van der Waals surface area (Å²) >= 11 is 1.37. The van der Waals surface area contributed by atoms with E-state index in [0.29, 0.717) is 4.91 Å². The highest BCUT2D eigenvalue weighted by Gasteiger charge is 2.28. The van der Waals surface area contributed by atoms with Gasteiger partial charge in [0.15, 0.2) is 6.79 Å². The number of nitriles is 1. The summed E-state index contributed by atoms with van der Waals surface area (Å²) < 4.78 is 11.2. The van der Waals surface area contributed by atoms with E-state index in [2.05, 4.69) is 53.7 Å². The molecule has 1 aliphatic heterocycles. The lowest BCUT2D eigenvalue weighted by Crippen LogP contribution is -2.28. The zero-order valence-electron chi connectivity index (χ0n) is 18.3. The van der Waals surface area contributed by atoms with Crippen LogP contribution >= 0.6 is 11.8 Å². The molecule has 1 heterocycles. The summed E-state index contributed by atoms with van der Waals surface area (Å²) in [6.45, 7) is 13.1. The van der Waals surface area contributed by atoms with E-state index >= 15 is 0 Å². The van der Waals surface area contributed by atoms with Crippen molar-refractivity contribution in [1.82, 2.24) is 4.90 Å². The molecule has 0 spiro atoms. The molecular formula is C23H30N2O3S. The molecule has 1 amide bonds. The number of ether oxygens (including phenoxy) is 2. The Bertz CT molecular complexity index is 833. The number of benzene rings is 1. The number of hydrogen-bond acceptors (Lipinski definition) is 5. The van der Waals surface area contributed by atoms with Crippen LogP contribution in [0.2, 0.25) is 0 Å². The van der Waals surface area contributed by atoms with Crippen LogP contribution in [0.25, 0.3) is 6.08 Å². The lowest BCUT2D eigenvalue weighted by atomic mass is 9.78. The maximum atomic E-state index is 12.7. The number of carbonyl (C=O) groups is 1. The van der Waals surface area contributed by atoms with Crippen LogP contribution in [0.4, 0.5) is 0 Å². The van der Waals surface area contributed by atoms with Gasteiger partial charge >= 0.3 is 0 Å². The number of thioether (sulfide) groups is 1. The first kappa shape index (κ1) is 23.1. The van der Waals surface area contributed by atoms with Gasteiger partial charge in [-0.2, -0.15) is 5.26 Å². The molecule has 0 fully saturated rings. The monoisotopic (exact) mass is 414 g/mol. The molecule has 0 bridgehead atoms. The topological polar surface area (TPSA) is 62.6 Å². The SMILES string of the molecule is COCOc1c(C(C)(C)C)cc(/C=C2\SC=CN(CC#N)C2=O)cc1C(C)(C)C. The lowest BCUT2D eigenvalue weighted by Gasteiger charge is -2.30. The summed E-state index contributed by atoms with van der Waals surface area (Å²) in [6.07, 6.45) is 3.54. The molecule has 0 saturated heterocycles. The minimum atomic E-state index is -0.159. The van der Waals surface area contributed by atoms with Crippen molar-refractivity contribution in [3.63, 3.8) is 0 Å². The molecule has 0 radical (unpaired) electrons. The minimum absolute atomic E-state index is 0.0392. The van der Waals surface area contributed by atoms with Crippen LogP contribution in [-0.2, 0) is 20.4 Å². The molecular weight excluding hydrogens is 384 g/mol. The molecule has 5 nitrogen and oxygen atoms in total. The average Bonchev–Trinajstić information content (AvgIpc) is 2.62. The number of nitrogens with zero attached hydrogens (tertiary/aromatic N) is 2. The third-order valence-electron chi connectivity index (χ3n) is 4.49. The highest BCUT2D eigenvalue weighted by molar-refractivity contribution is 8.06. The molecule has 0 aliphatic carbocycles. The predicted molar refractivity (Wildman–Crippen MR) is 118 cm³/mol. The van der Waals surface area contributed by atoms with Gasteiger partial charge in [-0.3, -0.25) is 4.79 Å². The second-order valence-electron chi connectivity index (χ2n) is 9.00. The number of rotatable bonds is 5. The first-order valence-corrected chi connectivity index (χ1v) is 10.4. The van der Waals surface area contributed by atoms with E-state index < -0.39 is 0 Å². The van der Waals surface area contributed by atoms with Crippen LogP contribution in [0.5, 0.6) is 5.75 Å². The van der Waals surface area contributed by atoms with Crippen LogP contribution in [0.3, 0.4) is 0 Å². The molecule has 0 unspecified atom stereocenters. The van der Waals surface area contributed by atoms with Crippen molar-refractivity contribution in [2.75, 3.05) is 20.4 Å². The van der Waals surface area contributed by atoms with Crippen molar-refractivity contribution in [2.45, 2.75) is 52.4 Å². The fourth-order valence-electron chi connectivity index (χ4n) is 3.01. The summed E-state index contributed by atoms with van der Waals surface area (Å²) in [4.78, 5) is 14.7. The van der Waals surface area contributed by atoms with E-state index in [1.54, 1.807) is 13.3 Å². The van der Waals surface area contributed by atoms with Crippen molar-refractivity contribution in [3.05, 3.63) is 45.3 Å². The van der Waals surface area contributed by atoms with Crippen molar-refractivity contribution in [1.29, 1.82) is 5.26 Å². The van der Waals surface area contributed by atoms with Crippen molar-refractivity contribution < 1.29 is 14.3 Å². The van der Waals surface area contributed by atoms with Crippen LogP contribution in [0.15, 0.2) is 28.6 Å². The van der Waals surface area contributed by atoms with Crippen molar-refractivity contribution in [2.24, 2.45) is 0 Å². The summed E-state index contributed by atoms with van der Waals surface area (Å²) in [5.74, 6) is 0.677. The number of methoxy groups -OCH3 is 1. The molecule has 1 aromatic carbocycles. The maximum absolute atomic E-state index is 12.7. The molecule has 6 heteroatoms.